The number of carbonyl (C=O) groups excluding carboxylic acids is 2. The van der Waals surface area contributed by atoms with Crippen LogP contribution >= 0.6 is 0 Å². The highest BCUT2D eigenvalue weighted by Crippen LogP contribution is 2.18. The molecule has 1 aromatic heterocycles. The van der Waals surface area contributed by atoms with Gasteiger partial charge in [0.05, 0.1) is 12.7 Å². The molecule has 7 nitrogen and oxygen atoms in total. The summed E-state index contributed by atoms with van der Waals surface area (Å²) in [5.41, 5.74) is 7.38. The average molecular weight is 274 g/mol. The molecule has 2 rings (SSSR count). The van der Waals surface area contributed by atoms with Crippen LogP contribution in [0.15, 0.2) is 24.3 Å². The van der Waals surface area contributed by atoms with E-state index in [0.717, 1.165) is 5.56 Å². The van der Waals surface area contributed by atoms with Gasteiger partial charge in [-0.1, -0.05) is 6.07 Å². The monoisotopic (exact) mass is 274 g/mol. The number of methoxy groups -OCH3 is 1. The van der Waals surface area contributed by atoms with Crippen LogP contribution in [0.25, 0.3) is 0 Å². The fourth-order valence-corrected chi connectivity index (χ4v) is 1.64. The van der Waals surface area contributed by atoms with Gasteiger partial charge in [-0.3, -0.25) is 9.89 Å². The first kappa shape index (κ1) is 13.6. The third-order valence-corrected chi connectivity index (χ3v) is 2.75. The molecule has 0 spiro atoms. The van der Waals surface area contributed by atoms with E-state index in [9.17, 15) is 9.59 Å². The lowest BCUT2D eigenvalue weighted by Gasteiger charge is -2.09. The molecule has 0 atom stereocenters. The second-order valence-corrected chi connectivity index (χ2v) is 4.18. The van der Waals surface area contributed by atoms with Crippen molar-refractivity contribution in [3.63, 3.8) is 0 Å². The Balaban J connectivity index is 2.24. The Bertz CT molecular complexity index is 663. The predicted molar refractivity (Wildman–Crippen MR) is 73.5 cm³/mol. The molecule has 0 aliphatic carbocycles. The molecule has 0 saturated carbocycles. The van der Waals surface area contributed by atoms with Gasteiger partial charge in [0, 0.05) is 11.8 Å². The van der Waals surface area contributed by atoms with Crippen LogP contribution in [0, 0.1) is 6.92 Å². The number of anilines is 2. The molecule has 0 unspecified atom stereocenters. The van der Waals surface area contributed by atoms with Gasteiger partial charge in [0.2, 0.25) is 0 Å². The van der Waals surface area contributed by atoms with Crippen molar-refractivity contribution < 1.29 is 14.3 Å². The van der Waals surface area contributed by atoms with Crippen molar-refractivity contribution in [2.75, 3.05) is 18.2 Å². The van der Waals surface area contributed by atoms with Gasteiger partial charge >= 0.3 is 5.97 Å². The SMILES string of the molecule is COC(=O)c1ccc(C)c(NC(=O)c2cc(N)n[nH]2)c1. The first-order valence-corrected chi connectivity index (χ1v) is 5.82. The minimum Gasteiger partial charge on any atom is -0.465 e. The maximum atomic E-state index is 12.0. The number of benzene rings is 1. The van der Waals surface area contributed by atoms with Crippen LogP contribution in [-0.2, 0) is 4.74 Å². The van der Waals surface area contributed by atoms with E-state index in [-0.39, 0.29) is 17.4 Å². The number of aromatic nitrogens is 2. The smallest absolute Gasteiger partial charge is 0.337 e. The zero-order valence-corrected chi connectivity index (χ0v) is 11.1. The molecule has 0 fully saturated rings. The van der Waals surface area contributed by atoms with E-state index >= 15 is 0 Å². The number of amides is 1. The molecule has 1 amide bonds. The Kier molecular flexibility index (Phi) is 3.69. The van der Waals surface area contributed by atoms with E-state index in [0.29, 0.717) is 11.3 Å². The quantitative estimate of drug-likeness (QED) is 0.731. The number of aryl methyl sites for hydroxylation is 1. The van der Waals surface area contributed by atoms with Crippen molar-refractivity contribution in [2.45, 2.75) is 6.92 Å². The molecule has 20 heavy (non-hydrogen) atoms. The van der Waals surface area contributed by atoms with Crippen LogP contribution in [0.5, 0.6) is 0 Å². The Morgan fingerprint density at radius 1 is 1.35 bits per heavy atom. The van der Waals surface area contributed by atoms with Gasteiger partial charge in [-0.2, -0.15) is 5.10 Å². The average Bonchev–Trinajstić information content (AvgIpc) is 2.87. The van der Waals surface area contributed by atoms with Crippen molar-refractivity contribution in [3.05, 3.63) is 41.1 Å². The molecule has 1 aromatic carbocycles. The van der Waals surface area contributed by atoms with Crippen LogP contribution in [0.4, 0.5) is 11.5 Å². The molecule has 0 radical (unpaired) electrons. The molecule has 0 aliphatic rings. The number of nitrogens with one attached hydrogen (secondary N) is 2. The van der Waals surface area contributed by atoms with Crippen molar-refractivity contribution >= 4 is 23.4 Å². The van der Waals surface area contributed by atoms with Gasteiger partial charge < -0.3 is 15.8 Å². The summed E-state index contributed by atoms with van der Waals surface area (Å²) in [6, 6.07) is 6.34. The first-order chi connectivity index (χ1) is 9.51. The van der Waals surface area contributed by atoms with E-state index < -0.39 is 5.97 Å². The summed E-state index contributed by atoms with van der Waals surface area (Å²) in [5.74, 6) is -0.624. The van der Waals surface area contributed by atoms with Gasteiger partial charge in [0.25, 0.3) is 5.91 Å². The van der Waals surface area contributed by atoms with E-state index in [4.69, 9.17) is 5.73 Å². The standard InChI is InChI=1S/C13H14N4O3/c1-7-3-4-8(13(19)20-2)5-9(7)15-12(18)10-6-11(14)17-16-10/h3-6H,1-2H3,(H,15,18)(H3,14,16,17). The molecule has 2 aromatic rings. The fraction of sp³-hybridized carbons (Fsp3) is 0.154. The Morgan fingerprint density at radius 3 is 2.70 bits per heavy atom. The second kappa shape index (κ2) is 5.43. The Hall–Kier alpha value is -2.83. The molecular weight excluding hydrogens is 260 g/mol. The van der Waals surface area contributed by atoms with E-state index in [1.54, 1.807) is 18.2 Å². The third-order valence-electron chi connectivity index (χ3n) is 2.75. The highest BCUT2D eigenvalue weighted by molar-refractivity contribution is 6.04. The maximum absolute atomic E-state index is 12.0. The van der Waals surface area contributed by atoms with Crippen LogP contribution < -0.4 is 11.1 Å². The second-order valence-electron chi connectivity index (χ2n) is 4.18. The van der Waals surface area contributed by atoms with E-state index in [1.165, 1.54) is 13.2 Å². The molecular formula is C13H14N4O3. The number of esters is 1. The molecule has 0 saturated heterocycles. The number of ether oxygens (including phenoxy) is 1. The normalized spacial score (nSPS) is 10.1. The number of aromatic amines is 1. The molecule has 0 aliphatic heterocycles. The van der Waals surface area contributed by atoms with Crippen molar-refractivity contribution in [2.24, 2.45) is 0 Å². The molecule has 4 N–H and O–H groups in total. The number of hydrogen-bond donors (Lipinski definition) is 3. The fourth-order valence-electron chi connectivity index (χ4n) is 1.64. The van der Waals surface area contributed by atoms with Gasteiger partial charge in [-0.25, -0.2) is 4.79 Å². The third kappa shape index (κ3) is 2.77. The van der Waals surface area contributed by atoms with E-state index in [1.807, 2.05) is 6.92 Å². The Labute approximate surface area is 115 Å². The molecule has 7 heteroatoms. The van der Waals surface area contributed by atoms with Gasteiger partial charge in [0.1, 0.15) is 11.5 Å². The van der Waals surface area contributed by atoms with Crippen molar-refractivity contribution in [1.82, 2.24) is 10.2 Å². The number of hydrogen-bond acceptors (Lipinski definition) is 5. The zero-order valence-electron chi connectivity index (χ0n) is 11.1. The molecule has 104 valence electrons. The predicted octanol–water partition coefficient (Wildman–Crippen LogP) is 1.34. The van der Waals surface area contributed by atoms with Gasteiger partial charge in [0.15, 0.2) is 0 Å². The van der Waals surface area contributed by atoms with E-state index in [2.05, 4.69) is 20.3 Å². The summed E-state index contributed by atoms with van der Waals surface area (Å²) >= 11 is 0. The van der Waals surface area contributed by atoms with Crippen LogP contribution in [0.1, 0.15) is 26.4 Å². The van der Waals surface area contributed by atoms with Crippen molar-refractivity contribution in [3.8, 4) is 0 Å². The topological polar surface area (TPSA) is 110 Å². The number of H-pyrrole nitrogens is 1. The van der Waals surface area contributed by atoms with Crippen LogP contribution in [-0.4, -0.2) is 29.2 Å². The summed E-state index contributed by atoms with van der Waals surface area (Å²) in [6.45, 7) is 1.82. The number of rotatable bonds is 3. The van der Waals surface area contributed by atoms with Crippen LogP contribution in [0.3, 0.4) is 0 Å². The first-order valence-electron chi connectivity index (χ1n) is 5.82. The zero-order chi connectivity index (χ0) is 14.7. The highest BCUT2D eigenvalue weighted by Gasteiger charge is 2.13. The number of nitrogen functional groups attached to an aromatic ring is 1. The lowest BCUT2D eigenvalue weighted by Crippen LogP contribution is -2.14. The highest BCUT2D eigenvalue weighted by atomic mass is 16.5. The number of nitrogens with two attached hydrogens (primary N) is 1. The van der Waals surface area contributed by atoms with Gasteiger partial charge in [-0.15, -0.1) is 0 Å². The molecule has 1 heterocycles. The number of nitrogens with zero attached hydrogens (tertiary/aromatic N) is 1. The van der Waals surface area contributed by atoms with Gasteiger partial charge in [-0.05, 0) is 24.6 Å². The molecule has 0 bridgehead atoms. The summed E-state index contributed by atoms with van der Waals surface area (Å²) < 4.78 is 4.64. The number of carbonyl (C=O) groups is 2. The minimum absolute atomic E-state index is 0.232. The summed E-state index contributed by atoms with van der Waals surface area (Å²) in [4.78, 5) is 23.4. The lowest BCUT2D eigenvalue weighted by atomic mass is 10.1. The maximum Gasteiger partial charge on any atom is 0.337 e. The Morgan fingerprint density at radius 2 is 2.10 bits per heavy atom. The largest absolute Gasteiger partial charge is 0.465 e. The summed E-state index contributed by atoms with van der Waals surface area (Å²) in [7, 11) is 1.30. The summed E-state index contributed by atoms with van der Waals surface area (Å²) in [6.07, 6.45) is 0. The minimum atomic E-state index is -0.466. The lowest BCUT2D eigenvalue weighted by molar-refractivity contribution is 0.0600. The summed E-state index contributed by atoms with van der Waals surface area (Å²) in [5, 5.41) is 8.88. The van der Waals surface area contributed by atoms with Crippen molar-refractivity contribution in [1.29, 1.82) is 0 Å². The van der Waals surface area contributed by atoms with Crippen LogP contribution in [0.2, 0.25) is 0 Å².